The lowest BCUT2D eigenvalue weighted by Crippen LogP contribution is -2.26. The molecule has 110 valence electrons. The molecule has 0 saturated heterocycles. The Morgan fingerprint density at radius 2 is 1.86 bits per heavy atom. The number of hydrogen-bond acceptors (Lipinski definition) is 2. The van der Waals surface area contributed by atoms with Gasteiger partial charge in [0.2, 0.25) is 0 Å². The quantitative estimate of drug-likeness (QED) is 0.749. The molecule has 0 radical (unpaired) electrons. The highest BCUT2D eigenvalue weighted by atomic mass is 79.9. The van der Waals surface area contributed by atoms with Crippen LogP contribution in [0.15, 0.2) is 46.9 Å². The zero-order valence-corrected chi connectivity index (χ0v) is 14.3. The summed E-state index contributed by atoms with van der Waals surface area (Å²) in [6.07, 6.45) is 0. The van der Waals surface area contributed by atoms with Crippen molar-refractivity contribution in [1.29, 1.82) is 0 Å². The van der Waals surface area contributed by atoms with Crippen LogP contribution in [0.2, 0.25) is 0 Å². The summed E-state index contributed by atoms with van der Waals surface area (Å²) in [5.74, 6) is 0.169. The van der Waals surface area contributed by atoms with Crippen molar-refractivity contribution < 1.29 is 4.79 Å². The molecule has 2 aromatic rings. The van der Waals surface area contributed by atoms with Crippen LogP contribution in [0, 0.1) is 13.8 Å². The van der Waals surface area contributed by atoms with Crippen LogP contribution in [-0.4, -0.2) is 24.3 Å². The number of hydrogen-bond donors (Lipinski definition) is 0. The van der Waals surface area contributed by atoms with Crippen molar-refractivity contribution in [3.63, 3.8) is 0 Å². The van der Waals surface area contributed by atoms with Crippen LogP contribution in [0.25, 0.3) is 0 Å². The molecular weight excluding hydrogens is 326 g/mol. The number of carbonyl (C=O) groups is 1. The normalized spacial score (nSPS) is 10.9. The third kappa shape index (κ3) is 4.26. The van der Waals surface area contributed by atoms with E-state index in [-0.39, 0.29) is 5.78 Å². The zero-order chi connectivity index (χ0) is 15.4. The summed E-state index contributed by atoms with van der Waals surface area (Å²) in [5, 5.41) is 0. The lowest BCUT2D eigenvalue weighted by molar-refractivity contribution is 0.0942. The van der Waals surface area contributed by atoms with Gasteiger partial charge in [-0.25, -0.2) is 0 Å². The SMILES string of the molecule is Cc1ccc(C(=O)CN(C)Cc2ccccc2Br)c(C)c1. The van der Waals surface area contributed by atoms with Crippen LogP contribution in [-0.2, 0) is 6.54 Å². The molecule has 0 aliphatic carbocycles. The smallest absolute Gasteiger partial charge is 0.177 e. The van der Waals surface area contributed by atoms with Crippen molar-refractivity contribution >= 4 is 21.7 Å². The fourth-order valence-electron chi connectivity index (χ4n) is 2.43. The molecule has 0 spiro atoms. The van der Waals surface area contributed by atoms with E-state index in [1.54, 1.807) is 0 Å². The molecule has 0 aromatic heterocycles. The monoisotopic (exact) mass is 345 g/mol. The Balaban J connectivity index is 2.04. The molecule has 0 bridgehead atoms. The van der Waals surface area contributed by atoms with E-state index in [2.05, 4.69) is 28.1 Å². The standard InChI is InChI=1S/C18H20BrNO/c1-13-8-9-16(14(2)10-13)18(21)12-20(3)11-15-6-4-5-7-17(15)19/h4-10H,11-12H2,1-3H3. The first-order valence-corrected chi connectivity index (χ1v) is 7.79. The number of Topliss-reactive ketones (excluding diaryl/α,β-unsaturated/α-hetero) is 1. The van der Waals surface area contributed by atoms with Crippen molar-refractivity contribution in [3.05, 3.63) is 69.2 Å². The van der Waals surface area contributed by atoms with E-state index in [0.717, 1.165) is 22.1 Å². The van der Waals surface area contributed by atoms with Crippen LogP contribution < -0.4 is 0 Å². The highest BCUT2D eigenvalue weighted by molar-refractivity contribution is 9.10. The first kappa shape index (κ1) is 15.9. The number of likely N-dealkylation sites (N-methyl/N-ethyl adjacent to an activating group) is 1. The molecule has 3 heteroatoms. The molecule has 2 aromatic carbocycles. The third-order valence-electron chi connectivity index (χ3n) is 3.49. The second kappa shape index (κ2) is 7.01. The number of benzene rings is 2. The number of aryl methyl sites for hydroxylation is 2. The molecule has 0 atom stereocenters. The Morgan fingerprint density at radius 1 is 1.14 bits per heavy atom. The second-order valence-electron chi connectivity index (χ2n) is 5.51. The maximum absolute atomic E-state index is 12.4. The van der Waals surface area contributed by atoms with Gasteiger partial charge in [-0.3, -0.25) is 9.69 Å². The maximum atomic E-state index is 12.4. The Labute approximate surface area is 134 Å². The van der Waals surface area contributed by atoms with Gasteiger partial charge in [0.25, 0.3) is 0 Å². The fraction of sp³-hybridized carbons (Fsp3) is 0.278. The highest BCUT2D eigenvalue weighted by Gasteiger charge is 2.12. The second-order valence-corrected chi connectivity index (χ2v) is 6.36. The lowest BCUT2D eigenvalue weighted by atomic mass is 10.0. The summed E-state index contributed by atoms with van der Waals surface area (Å²) in [5.41, 5.74) is 4.24. The molecule has 2 rings (SSSR count). The third-order valence-corrected chi connectivity index (χ3v) is 4.27. The van der Waals surface area contributed by atoms with E-state index in [9.17, 15) is 4.79 Å². The summed E-state index contributed by atoms with van der Waals surface area (Å²) < 4.78 is 1.08. The van der Waals surface area contributed by atoms with Gasteiger partial charge in [-0.15, -0.1) is 0 Å². The van der Waals surface area contributed by atoms with E-state index in [1.807, 2.05) is 56.1 Å². The summed E-state index contributed by atoms with van der Waals surface area (Å²) in [4.78, 5) is 14.5. The highest BCUT2D eigenvalue weighted by Crippen LogP contribution is 2.18. The number of carbonyl (C=O) groups excluding carboxylic acids is 1. The van der Waals surface area contributed by atoms with E-state index >= 15 is 0 Å². The summed E-state index contributed by atoms with van der Waals surface area (Å²) in [7, 11) is 1.97. The first-order valence-electron chi connectivity index (χ1n) is 7.00. The predicted octanol–water partition coefficient (Wildman–Crippen LogP) is 4.38. The minimum atomic E-state index is 0.169. The average Bonchev–Trinajstić information content (AvgIpc) is 2.41. The van der Waals surface area contributed by atoms with E-state index in [0.29, 0.717) is 6.54 Å². The van der Waals surface area contributed by atoms with Gasteiger partial charge in [0, 0.05) is 16.6 Å². The Kier molecular flexibility index (Phi) is 5.32. The molecule has 2 nitrogen and oxygen atoms in total. The number of halogens is 1. The van der Waals surface area contributed by atoms with E-state index in [4.69, 9.17) is 0 Å². The van der Waals surface area contributed by atoms with Crippen molar-refractivity contribution in [2.45, 2.75) is 20.4 Å². The van der Waals surface area contributed by atoms with Gasteiger partial charge in [0.05, 0.1) is 6.54 Å². The van der Waals surface area contributed by atoms with Crippen LogP contribution in [0.3, 0.4) is 0 Å². The number of ketones is 1. The van der Waals surface area contributed by atoms with Crippen molar-refractivity contribution in [2.24, 2.45) is 0 Å². The molecule has 0 amide bonds. The number of nitrogens with zero attached hydrogens (tertiary/aromatic N) is 1. The van der Waals surface area contributed by atoms with Gasteiger partial charge in [0.1, 0.15) is 0 Å². The molecule has 0 unspecified atom stereocenters. The summed E-state index contributed by atoms with van der Waals surface area (Å²) in [6.45, 7) is 5.21. The van der Waals surface area contributed by atoms with Gasteiger partial charge in [-0.1, -0.05) is 57.9 Å². The first-order chi connectivity index (χ1) is 9.97. The Bertz CT molecular complexity index is 651. The average molecular weight is 346 g/mol. The van der Waals surface area contributed by atoms with E-state index < -0.39 is 0 Å². The molecule has 0 heterocycles. The topological polar surface area (TPSA) is 20.3 Å². The van der Waals surface area contributed by atoms with Gasteiger partial charge in [-0.05, 0) is 38.1 Å². The van der Waals surface area contributed by atoms with Gasteiger partial charge in [0.15, 0.2) is 5.78 Å². The Hall–Kier alpha value is -1.45. The molecule has 21 heavy (non-hydrogen) atoms. The molecule has 0 aliphatic heterocycles. The molecule has 0 aliphatic rings. The van der Waals surface area contributed by atoms with Gasteiger partial charge >= 0.3 is 0 Å². The lowest BCUT2D eigenvalue weighted by Gasteiger charge is -2.17. The van der Waals surface area contributed by atoms with Crippen LogP contribution in [0.4, 0.5) is 0 Å². The van der Waals surface area contributed by atoms with Crippen LogP contribution in [0.1, 0.15) is 27.0 Å². The molecule has 0 fully saturated rings. The van der Waals surface area contributed by atoms with Crippen molar-refractivity contribution in [3.8, 4) is 0 Å². The summed E-state index contributed by atoms with van der Waals surface area (Å²) in [6, 6.07) is 14.1. The van der Waals surface area contributed by atoms with Gasteiger partial charge < -0.3 is 0 Å². The minimum absolute atomic E-state index is 0.169. The maximum Gasteiger partial charge on any atom is 0.177 e. The zero-order valence-electron chi connectivity index (χ0n) is 12.7. The van der Waals surface area contributed by atoms with Crippen LogP contribution in [0.5, 0.6) is 0 Å². The van der Waals surface area contributed by atoms with Crippen molar-refractivity contribution in [1.82, 2.24) is 4.90 Å². The largest absolute Gasteiger partial charge is 0.295 e. The molecular formula is C18H20BrNO. The van der Waals surface area contributed by atoms with Crippen molar-refractivity contribution in [2.75, 3.05) is 13.6 Å². The molecule has 0 saturated carbocycles. The van der Waals surface area contributed by atoms with Gasteiger partial charge in [-0.2, -0.15) is 0 Å². The Morgan fingerprint density at radius 3 is 2.52 bits per heavy atom. The van der Waals surface area contributed by atoms with Crippen LogP contribution >= 0.6 is 15.9 Å². The number of rotatable bonds is 5. The predicted molar refractivity (Wildman–Crippen MR) is 90.7 cm³/mol. The fourth-order valence-corrected chi connectivity index (χ4v) is 2.84. The summed E-state index contributed by atoms with van der Waals surface area (Å²) >= 11 is 3.54. The molecule has 0 N–H and O–H groups in total. The minimum Gasteiger partial charge on any atom is -0.295 e. The van der Waals surface area contributed by atoms with E-state index in [1.165, 1.54) is 11.1 Å².